The van der Waals surface area contributed by atoms with E-state index >= 15 is 0 Å². The van der Waals surface area contributed by atoms with Crippen molar-refractivity contribution in [1.29, 1.82) is 0 Å². The minimum Gasteiger partial charge on any atom is -0.497 e. The minimum absolute atomic E-state index is 0.0264. The van der Waals surface area contributed by atoms with Crippen LogP contribution in [0.15, 0.2) is 46.9 Å². The van der Waals surface area contributed by atoms with Gasteiger partial charge >= 0.3 is 0 Å². The van der Waals surface area contributed by atoms with Gasteiger partial charge in [-0.1, -0.05) is 34.1 Å². The summed E-state index contributed by atoms with van der Waals surface area (Å²) < 4.78 is 12.4. The number of benzene rings is 2. The van der Waals surface area contributed by atoms with Crippen molar-refractivity contribution < 1.29 is 9.47 Å². The predicted octanol–water partition coefficient (Wildman–Crippen LogP) is 3.98. The van der Waals surface area contributed by atoms with Crippen molar-refractivity contribution in [3.63, 3.8) is 0 Å². The van der Waals surface area contributed by atoms with E-state index in [0.29, 0.717) is 0 Å². The molecular weight excluding hydrogens is 318 g/mol. The van der Waals surface area contributed by atoms with Gasteiger partial charge in [0.15, 0.2) is 0 Å². The van der Waals surface area contributed by atoms with Gasteiger partial charge in [-0.3, -0.25) is 0 Å². The summed E-state index contributed by atoms with van der Waals surface area (Å²) in [6.07, 6.45) is 0.726. The van der Waals surface area contributed by atoms with E-state index < -0.39 is 0 Å². The predicted molar refractivity (Wildman–Crippen MR) is 82.1 cm³/mol. The molecule has 1 aliphatic rings. The SMILES string of the molecule is COc1ccc2c(c1)[C@H](N)CC(c1ccccc1Br)O2. The topological polar surface area (TPSA) is 44.5 Å². The quantitative estimate of drug-likeness (QED) is 0.903. The molecule has 20 heavy (non-hydrogen) atoms. The van der Waals surface area contributed by atoms with Gasteiger partial charge in [0.1, 0.15) is 17.6 Å². The first kappa shape index (κ1) is 13.5. The number of methoxy groups -OCH3 is 1. The Morgan fingerprint density at radius 3 is 2.75 bits per heavy atom. The second-order valence-corrected chi connectivity index (χ2v) is 5.73. The van der Waals surface area contributed by atoms with E-state index in [9.17, 15) is 0 Å². The fourth-order valence-electron chi connectivity index (χ4n) is 2.54. The summed E-state index contributed by atoms with van der Waals surface area (Å²) in [5, 5.41) is 0. The van der Waals surface area contributed by atoms with Crippen molar-refractivity contribution in [2.24, 2.45) is 5.73 Å². The number of rotatable bonds is 2. The average molecular weight is 334 g/mol. The van der Waals surface area contributed by atoms with E-state index in [4.69, 9.17) is 15.2 Å². The van der Waals surface area contributed by atoms with Crippen LogP contribution in [0.25, 0.3) is 0 Å². The maximum absolute atomic E-state index is 6.30. The molecule has 0 aliphatic carbocycles. The zero-order valence-corrected chi connectivity index (χ0v) is 12.8. The molecule has 104 valence electrons. The zero-order valence-electron chi connectivity index (χ0n) is 11.2. The number of hydrogen-bond donors (Lipinski definition) is 1. The van der Waals surface area contributed by atoms with Crippen LogP contribution in [0.4, 0.5) is 0 Å². The van der Waals surface area contributed by atoms with Crippen molar-refractivity contribution >= 4 is 15.9 Å². The van der Waals surface area contributed by atoms with Crippen molar-refractivity contribution in [3.8, 4) is 11.5 Å². The lowest BCUT2D eigenvalue weighted by Crippen LogP contribution is -2.24. The maximum Gasteiger partial charge on any atom is 0.127 e. The number of halogens is 1. The molecule has 0 saturated carbocycles. The molecular formula is C16H16BrNO2. The smallest absolute Gasteiger partial charge is 0.127 e. The Bertz CT molecular complexity index is 630. The van der Waals surface area contributed by atoms with Crippen molar-refractivity contribution in [2.45, 2.75) is 18.6 Å². The number of ether oxygens (including phenoxy) is 2. The molecule has 2 N–H and O–H groups in total. The van der Waals surface area contributed by atoms with Crippen LogP contribution in [0, 0.1) is 0 Å². The molecule has 0 bridgehead atoms. The van der Waals surface area contributed by atoms with Crippen LogP contribution in [0.5, 0.6) is 11.5 Å². The molecule has 0 aromatic heterocycles. The lowest BCUT2D eigenvalue weighted by atomic mass is 9.93. The molecule has 0 fully saturated rings. The van der Waals surface area contributed by atoms with Gasteiger partial charge in [-0.25, -0.2) is 0 Å². The van der Waals surface area contributed by atoms with Crippen LogP contribution < -0.4 is 15.2 Å². The summed E-state index contributed by atoms with van der Waals surface area (Å²) in [7, 11) is 1.65. The largest absolute Gasteiger partial charge is 0.497 e. The summed E-state index contributed by atoms with van der Waals surface area (Å²) in [5.74, 6) is 1.65. The molecule has 1 aliphatic heterocycles. The van der Waals surface area contributed by atoms with Gasteiger partial charge in [0.25, 0.3) is 0 Å². The molecule has 1 unspecified atom stereocenters. The Balaban J connectivity index is 1.95. The lowest BCUT2D eigenvalue weighted by molar-refractivity contribution is 0.160. The molecule has 3 nitrogen and oxygen atoms in total. The molecule has 2 atom stereocenters. The summed E-state index contributed by atoms with van der Waals surface area (Å²) in [5.41, 5.74) is 8.43. The molecule has 0 amide bonds. The highest BCUT2D eigenvalue weighted by atomic mass is 79.9. The van der Waals surface area contributed by atoms with Crippen LogP contribution in [0.3, 0.4) is 0 Å². The monoisotopic (exact) mass is 333 g/mol. The van der Waals surface area contributed by atoms with E-state index in [0.717, 1.165) is 33.5 Å². The highest BCUT2D eigenvalue weighted by Gasteiger charge is 2.28. The summed E-state index contributed by atoms with van der Waals surface area (Å²) in [4.78, 5) is 0. The third kappa shape index (κ3) is 2.41. The molecule has 0 spiro atoms. The van der Waals surface area contributed by atoms with Crippen molar-refractivity contribution in [2.75, 3.05) is 7.11 Å². The summed E-state index contributed by atoms with van der Waals surface area (Å²) in [6.45, 7) is 0. The van der Waals surface area contributed by atoms with Gasteiger partial charge in [-0.2, -0.15) is 0 Å². The Kier molecular flexibility index (Phi) is 3.68. The average Bonchev–Trinajstić information content (AvgIpc) is 2.47. The second kappa shape index (κ2) is 5.46. The zero-order chi connectivity index (χ0) is 14.1. The first-order valence-electron chi connectivity index (χ1n) is 6.53. The van der Waals surface area contributed by atoms with Crippen LogP contribution in [0.2, 0.25) is 0 Å². The van der Waals surface area contributed by atoms with Gasteiger partial charge in [-0.15, -0.1) is 0 Å². The van der Waals surface area contributed by atoms with Gasteiger partial charge in [0.2, 0.25) is 0 Å². The Morgan fingerprint density at radius 2 is 2.00 bits per heavy atom. The molecule has 3 rings (SSSR count). The van der Waals surface area contributed by atoms with Crippen LogP contribution in [-0.2, 0) is 0 Å². The molecule has 0 saturated heterocycles. The molecule has 1 heterocycles. The molecule has 4 heteroatoms. The Labute approximate surface area is 126 Å². The van der Waals surface area contributed by atoms with Gasteiger partial charge < -0.3 is 15.2 Å². The van der Waals surface area contributed by atoms with E-state index in [1.807, 2.05) is 36.4 Å². The van der Waals surface area contributed by atoms with E-state index in [-0.39, 0.29) is 12.1 Å². The third-order valence-corrected chi connectivity index (χ3v) is 4.33. The number of hydrogen-bond acceptors (Lipinski definition) is 3. The highest BCUT2D eigenvalue weighted by Crippen LogP contribution is 2.42. The van der Waals surface area contributed by atoms with Gasteiger partial charge in [0, 0.05) is 28.1 Å². The van der Waals surface area contributed by atoms with E-state index in [1.54, 1.807) is 7.11 Å². The molecule has 0 radical (unpaired) electrons. The Hall–Kier alpha value is -1.52. The number of nitrogens with two attached hydrogens (primary N) is 1. The highest BCUT2D eigenvalue weighted by molar-refractivity contribution is 9.10. The number of fused-ring (bicyclic) bond motifs is 1. The fraction of sp³-hybridized carbons (Fsp3) is 0.250. The van der Waals surface area contributed by atoms with E-state index in [1.165, 1.54) is 0 Å². The summed E-state index contributed by atoms with van der Waals surface area (Å²) >= 11 is 3.57. The summed E-state index contributed by atoms with van der Waals surface area (Å²) in [6, 6.07) is 13.8. The molecule has 2 aromatic carbocycles. The third-order valence-electron chi connectivity index (χ3n) is 3.61. The maximum atomic E-state index is 6.30. The van der Waals surface area contributed by atoms with E-state index in [2.05, 4.69) is 22.0 Å². The normalized spacial score (nSPS) is 20.9. The van der Waals surface area contributed by atoms with Crippen molar-refractivity contribution in [1.82, 2.24) is 0 Å². The standard InChI is InChI=1S/C16H16BrNO2/c1-19-10-6-7-15-12(8-10)14(18)9-16(20-15)11-4-2-3-5-13(11)17/h2-8,14,16H,9,18H2,1H3/t14-,16?/m1/s1. The van der Waals surface area contributed by atoms with Crippen LogP contribution in [-0.4, -0.2) is 7.11 Å². The van der Waals surface area contributed by atoms with Gasteiger partial charge in [0.05, 0.1) is 7.11 Å². The fourth-order valence-corrected chi connectivity index (χ4v) is 3.08. The van der Waals surface area contributed by atoms with Crippen LogP contribution in [0.1, 0.15) is 29.7 Å². The van der Waals surface area contributed by atoms with Crippen molar-refractivity contribution in [3.05, 3.63) is 58.1 Å². The lowest BCUT2D eigenvalue weighted by Gasteiger charge is -2.31. The van der Waals surface area contributed by atoms with Gasteiger partial charge in [-0.05, 0) is 24.3 Å². The molecule has 2 aromatic rings. The first-order valence-corrected chi connectivity index (χ1v) is 7.33. The minimum atomic E-state index is -0.0500. The first-order chi connectivity index (χ1) is 9.69. The van der Waals surface area contributed by atoms with Crippen LogP contribution >= 0.6 is 15.9 Å². The second-order valence-electron chi connectivity index (χ2n) is 4.87. The Morgan fingerprint density at radius 1 is 1.20 bits per heavy atom.